The van der Waals surface area contributed by atoms with Gasteiger partial charge in [0, 0.05) is 12.2 Å². The standard InChI is InChI=1S/C12H12FNO3/c1-8(9-3-2-4-10(13)7-9)14-11(15)5-6-12(16)17/h2-8H,1H3,(H,14,15)(H,16,17)/b6-5+/t8-/m0/s1. The van der Waals surface area contributed by atoms with Crippen LogP contribution < -0.4 is 5.32 Å². The number of carbonyl (C=O) groups is 2. The predicted molar refractivity (Wildman–Crippen MR) is 59.7 cm³/mol. The van der Waals surface area contributed by atoms with Gasteiger partial charge in [-0.2, -0.15) is 0 Å². The number of carbonyl (C=O) groups excluding carboxylic acids is 1. The number of aliphatic carboxylic acids is 1. The van der Waals surface area contributed by atoms with Gasteiger partial charge < -0.3 is 10.4 Å². The summed E-state index contributed by atoms with van der Waals surface area (Å²) in [6, 6.07) is 5.44. The van der Waals surface area contributed by atoms with Gasteiger partial charge in [0.1, 0.15) is 5.82 Å². The molecule has 1 rings (SSSR count). The van der Waals surface area contributed by atoms with Crippen LogP contribution in [0.2, 0.25) is 0 Å². The van der Waals surface area contributed by atoms with Gasteiger partial charge in [0.2, 0.25) is 5.91 Å². The quantitative estimate of drug-likeness (QED) is 0.782. The van der Waals surface area contributed by atoms with E-state index in [1.165, 1.54) is 12.1 Å². The molecular weight excluding hydrogens is 225 g/mol. The number of hydrogen-bond donors (Lipinski definition) is 2. The van der Waals surface area contributed by atoms with Gasteiger partial charge >= 0.3 is 5.97 Å². The van der Waals surface area contributed by atoms with Crippen molar-refractivity contribution in [2.75, 3.05) is 0 Å². The Morgan fingerprint density at radius 3 is 2.71 bits per heavy atom. The van der Waals surface area contributed by atoms with Crippen LogP contribution in [-0.2, 0) is 9.59 Å². The fourth-order valence-corrected chi connectivity index (χ4v) is 1.27. The lowest BCUT2D eigenvalue weighted by Crippen LogP contribution is -2.24. The third kappa shape index (κ3) is 4.46. The van der Waals surface area contributed by atoms with E-state index in [4.69, 9.17) is 5.11 Å². The van der Waals surface area contributed by atoms with Crippen molar-refractivity contribution in [2.24, 2.45) is 0 Å². The molecule has 0 aliphatic heterocycles. The fourth-order valence-electron chi connectivity index (χ4n) is 1.27. The number of benzene rings is 1. The van der Waals surface area contributed by atoms with Crippen LogP contribution in [0.4, 0.5) is 4.39 Å². The zero-order valence-electron chi connectivity index (χ0n) is 9.18. The molecule has 1 amide bonds. The van der Waals surface area contributed by atoms with E-state index in [0.29, 0.717) is 5.56 Å². The first kappa shape index (κ1) is 12.9. The fraction of sp³-hybridized carbons (Fsp3) is 0.167. The number of nitrogens with one attached hydrogen (secondary N) is 1. The Morgan fingerprint density at radius 1 is 1.41 bits per heavy atom. The van der Waals surface area contributed by atoms with E-state index in [1.54, 1.807) is 19.1 Å². The van der Waals surface area contributed by atoms with E-state index in [-0.39, 0.29) is 5.82 Å². The Labute approximate surface area is 97.8 Å². The molecule has 2 N–H and O–H groups in total. The number of carboxylic acids is 1. The van der Waals surface area contributed by atoms with Crippen LogP contribution in [0, 0.1) is 5.82 Å². The molecule has 0 aliphatic carbocycles. The molecule has 1 atom stereocenters. The van der Waals surface area contributed by atoms with Crippen molar-refractivity contribution >= 4 is 11.9 Å². The van der Waals surface area contributed by atoms with Crippen molar-refractivity contribution in [1.82, 2.24) is 5.32 Å². The van der Waals surface area contributed by atoms with Crippen LogP contribution >= 0.6 is 0 Å². The summed E-state index contributed by atoms with van der Waals surface area (Å²) in [6.07, 6.45) is 1.66. The number of halogens is 1. The van der Waals surface area contributed by atoms with E-state index in [0.717, 1.165) is 12.2 Å². The normalized spacial score (nSPS) is 12.4. The summed E-state index contributed by atoms with van der Waals surface area (Å²) in [6.45, 7) is 1.68. The molecule has 0 bridgehead atoms. The first-order valence-electron chi connectivity index (χ1n) is 4.96. The Kier molecular flexibility index (Phi) is 4.39. The van der Waals surface area contributed by atoms with Crippen molar-refractivity contribution < 1.29 is 19.1 Å². The monoisotopic (exact) mass is 237 g/mol. The molecule has 0 aromatic heterocycles. The maximum absolute atomic E-state index is 12.9. The molecule has 0 unspecified atom stereocenters. The average molecular weight is 237 g/mol. The second kappa shape index (κ2) is 5.79. The molecule has 4 nitrogen and oxygen atoms in total. The molecule has 0 fully saturated rings. The van der Waals surface area contributed by atoms with Gasteiger partial charge in [0.25, 0.3) is 0 Å². The van der Waals surface area contributed by atoms with E-state index >= 15 is 0 Å². The summed E-state index contributed by atoms with van der Waals surface area (Å²) in [7, 11) is 0. The van der Waals surface area contributed by atoms with Crippen LogP contribution in [0.1, 0.15) is 18.5 Å². The summed E-state index contributed by atoms with van der Waals surface area (Å²) in [5.41, 5.74) is 0.613. The maximum atomic E-state index is 12.9. The predicted octanol–water partition coefficient (Wildman–Crippen LogP) is 1.64. The van der Waals surface area contributed by atoms with Gasteiger partial charge in [-0.3, -0.25) is 4.79 Å². The molecule has 0 saturated carbocycles. The molecule has 0 radical (unpaired) electrons. The highest BCUT2D eigenvalue weighted by molar-refractivity contribution is 5.94. The largest absolute Gasteiger partial charge is 0.478 e. The van der Waals surface area contributed by atoms with Gasteiger partial charge in [-0.05, 0) is 24.6 Å². The van der Waals surface area contributed by atoms with Gasteiger partial charge in [-0.1, -0.05) is 12.1 Å². The number of rotatable bonds is 4. The molecular formula is C12H12FNO3. The summed E-state index contributed by atoms with van der Waals surface area (Å²) in [5.74, 6) is -2.12. The van der Waals surface area contributed by atoms with Crippen LogP contribution in [0.25, 0.3) is 0 Å². The lowest BCUT2D eigenvalue weighted by atomic mass is 10.1. The van der Waals surface area contributed by atoms with Crippen LogP contribution in [0.15, 0.2) is 36.4 Å². The maximum Gasteiger partial charge on any atom is 0.328 e. The van der Waals surface area contributed by atoms with Gasteiger partial charge in [-0.25, -0.2) is 9.18 Å². The summed E-state index contributed by atoms with van der Waals surface area (Å²) in [5, 5.41) is 10.9. The van der Waals surface area contributed by atoms with Crippen molar-refractivity contribution in [3.63, 3.8) is 0 Å². The molecule has 0 spiro atoms. The highest BCUT2D eigenvalue weighted by atomic mass is 19.1. The zero-order valence-corrected chi connectivity index (χ0v) is 9.18. The van der Waals surface area contributed by atoms with Gasteiger partial charge in [-0.15, -0.1) is 0 Å². The summed E-state index contributed by atoms with van der Waals surface area (Å²) in [4.78, 5) is 21.4. The first-order valence-corrected chi connectivity index (χ1v) is 4.96. The topological polar surface area (TPSA) is 66.4 Å². The highest BCUT2D eigenvalue weighted by Crippen LogP contribution is 2.13. The summed E-state index contributed by atoms with van der Waals surface area (Å²) < 4.78 is 12.9. The Bertz CT molecular complexity index is 457. The third-order valence-electron chi connectivity index (χ3n) is 2.08. The molecule has 0 aliphatic rings. The first-order chi connectivity index (χ1) is 7.99. The number of amides is 1. The van der Waals surface area contributed by atoms with E-state index < -0.39 is 17.9 Å². The minimum Gasteiger partial charge on any atom is -0.478 e. The number of hydrogen-bond acceptors (Lipinski definition) is 2. The summed E-state index contributed by atoms with van der Waals surface area (Å²) >= 11 is 0. The second-order valence-corrected chi connectivity index (χ2v) is 3.46. The van der Waals surface area contributed by atoms with E-state index in [9.17, 15) is 14.0 Å². The van der Waals surface area contributed by atoms with E-state index in [1.807, 2.05) is 0 Å². The number of carboxylic acid groups (broad SMARTS) is 1. The minimum absolute atomic E-state index is 0.385. The Hall–Kier alpha value is -2.17. The molecule has 1 aromatic rings. The third-order valence-corrected chi connectivity index (χ3v) is 2.08. The van der Waals surface area contributed by atoms with Crippen molar-refractivity contribution in [2.45, 2.75) is 13.0 Å². The molecule has 5 heteroatoms. The van der Waals surface area contributed by atoms with Crippen LogP contribution in [-0.4, -0.2) is 17.0 Å². The van der Waals surface area contributed by atoms with Crippen LogP contribution in [0.3, 0.4) is 0 Å². The molecule has 0 saturated heterocycles. The molecule has 1 aromatic carbocycles. The minimum atomic E-state index is -1.20. The van der Waals surface area contributed by atoms with Crippen molar-refractivity contribution in [1.29, 1.82) is 0 Å². The molecule has 0 heterocycles. The SMILES string of the molecule is C[C@H](NC(=O)/C=C/C(=O)O)c1cccc(F)c1. The van der Waals surface area contributed by atoms with Crippen molar-refractivity contribution in [3.8, 4) is 0 Å². The van der Waals surface area contributed by atoms with Gasteiger partial charge in [0.15, 0.2) is 0 Å². The van der Waals surface area contributed by atoms with Crippen LogP contribution in [0.5, 0.6) is 0 Å². The lowest BCUT2D eigenvalue weighted by Gasteiger charge is -2.12. The highest BCUT2D eigenvalue weighted by Gasteiger charge is 2.08. The lowest BCUT2D eigenvalue weighted by molar-refractivity contribution is -0.131. The molecule has 90 valence electrons. The van der Waals surface area contributed by atoms with Crippen molar-refractivity contribution in [3.05, 3.63) is 47.8 Å². The molecule has 17 heavy (non-hydrogen) atoms. The smallest absolute Gasteiger partial charge is 0.328 e. The Balaban J connectivity index is 2.63. The average Bonchev–Trinajstić information content (AvgIpc) is 2.26. The Morgan fingerprint density at radius 2 is 2.12 bits per heavy atom. The second-order valence-electron chi connectivity index (χ2n) is 3.46. The zero-order chi connectivity index (χ0) is 12.8. The van der Waals surface area contributed by atoms with E-state index in [2.05, 4.69) is 5.32 Å². The van der Waals surface area contributed by atoms with Gasteiger partial charge in [0.05, 0.1) is 6.04 Å².